The molecule has 2 rings (SSSR count). The molecule has 8 nitrogen and oxygen atoms in total. The lowest BCUT2D eigenvalue weighted by atomic mass is 10.0. The predicted octanol–water partition coefficient (Wildman–Crippen LogP) is 1.40. The van der Waals surface area contributed by atoms with Crippen LogP contribution in [0.3, 0.4) is 0 Å². The summed E-state index contributed by atoms with van der Waals surface area (Å²) in [6.45, 7) is 1.82. The molecule has 0 radical (unpaired) electrons. The molecule has 9 heteroatoms. The van der Waals surface area contributed by atoms with Gasteiger partial charge in [-0.1, -0.05) is 0 Å². The largest absolute Gasteiger partial charge is 0.480 e. The molecule has 0 saturated heterocycles. The second kappa shape index (κ2) is 7.08. The summed E-state index contributed by atoms with van der Waals surface area (Å²) in [5, 5.41) is 13.4. The smallest absolute Gasteiger partial charge is 0.324 e. The summed E-state index contributed by atoms with van der Waals surface area (Å²) in [5.41, 5.74) is 1.56. The van der Waals surface area contributed by atoms with Crippen LogP contribution in [0.5, 0.6) is 0 Å². The highest BCUT2D eigenvalue weighted by atomic mass is 32.2. The summed E-state index contributed by atoms with van der Waals surface area (Å²) >= 11 is 0. The van der Waals surface area contributed by atoms with Crippen molar-refractivity contribution < 1.29 is 18.3 Å². The number of carboxylic acids is 1. The van der Waals surface area contributed by atoms with E-state index in [1.165, 1.54) is 6.92 Å². The van der Waals surface area contributed by atoms with Crippen molar-refractivity contribution in [3.63, 3.8) is 0 Å². The van der Waals surface area contributed by atoms with Crippen molar-refractivity contribution in [2.24, 2.45) is 0 Å². The van der Waals surface area contributed by atoms with Crippen LogP contribution in [0.4, 0.5) is 0 Å². The number of sulfone groups is 1. The molecule has 0 unspecified atom stereocenters. The van der Waals surface area contributed by atoms with Gasteiger partial charge in [-0.05, 0) is 26.2 Å². The van der Waals surface area contributed by atoms with Gasteiger partial charge in [-0.15, -0.1) is 0 Å². The van der Waals surface area contributed by atoms with Crippen molar-refractivity contribution in [3.8, 4) is 11.3 Å². The lowest BCUT2D eigenvalue weighted by molar-refractivity contribution is -0.139. The fourth-order valence-corrected chi connectivity index (χ4v) is 3.09. The highest BCUT2D eigenvalue weighted by Crippen LogP contribution is 2.24. The first kappa shape index (κ1) is 18.1. The zero-order valence-corrected chi connectivity index (χ0v) is 14.4. The van der Waals surface area contributed by atoms with Crippen molar-refractivity contribution in [2.75, 3.05) is 6.26 Å². The standard InChI is InChI=1S/C15H20N4O4S/c1-15(14(20)21,24(2,22)23)5-3-4-8-19-11-12(9-18-19)13-10-16-6-7-17-13/h6-7,9-11H,3-5,8H2,1-2H3,(H,20,21)/t15-/m1/s1. The van der Waals surface area contributed by atoms with Gasteiger partial charge in [0.1, 0.15) is 0 Å². The van der Waals surface area contributed by atoms with Gasteiger partial charge in [0, 0.05) is 37.0 Å². The van der Waals surface area contributed by atoms with Gasteiger partial charge in [-0.25, -0.2) is 8.42 Å². The molecular weight excluding hydrogens is 332 g/mol. The highest BCUT2D eigenvalue weighted by molar-refractivity contribution is 7.92. The number of hydrogen-bond acceptors (Lipinski definition) is 6. The summed E-state index contributed by atoms with van der Waals surface area (Å²) in [6, 6.07) is 0. The minimum Gasteiger partial charge on any atom is -0.480 e. The molecule has 0 aromatic carbocycles. The number of unbranched alkanes of at least 4 members (excludes halogenated alkanes) is 1. The van der Waals surface area contributed by atoms with E-state index in [4.69, 9.17) is 0 Å². The Kier molecular flexibility index (Phi) is 5.33. The van der Waals surface area contributed by atoms with Gasteiger partial charge in [0.25, 0.3) is 0 Å². The number of carboxylic acid groups (broad SMARTS) is 1. The van der Waals surface area contributed by atoms with Crippen LogP contribution in [0.15, 0.2) is 31.0 Å². The fourth-order valence-electron chi connectivity index (χ4n) is 2.25. The normalized spacial score (nSPS) is 14.2. The van der Waals surface area contributed by atoms with Gasteiger partial charge in [-0.3, -0.25) is 19.4 Å². The van der Waals surface area contributed by atoms with E-state index >= 15 is 0 Å². The maximum atomic E-state index is 11.7. The molecule has 0 saturated carbocycles. The second-order valence-electron chi connectivity index (χ2n) is 5.85. The Balaban J connectivity index is 1.91. The molecule has 0 amide bonds. The number of aromatic nitrogens is 4. The van der Waals surface area contributed by atoms with E-state index in [-0.39, 0.29) is 6.42 Å². The lowest BCUT2D eigenvalue weighted by Crippen LogP contribution is -2.43. The zero-order valence-electron chi connectivity index (χ0n) is 13.6. The third-order valence-electron chi connectivity index (χ3n) is 4.05. The molecule has 130 valence electrons. The lowest BCUT2D eigenvalue weighted by Gasteiger charge is -2.22. The number of nitrogens with zero attached hydrogens (tertiary/aromatic N) is 4. The van der Waals surface area contributed by atoms with Crippen LogP contribution < -0.4 is 0 Å². The van der Waals surface area contributed by atoms with Gasteiger partial charge in [-0.2, -0.15) is 5.10 Å². The van der Waals surface area contributed by atoms with Crippen molar-refractivity contribution in [2.45, 2.75) is 37.5 Å². The maximum absolute atomic E-state index is 11.7. The summed E-state index contributed by atoms with van der Waals surface area (Å²) in [7, 11) is -3.68. The van der Waals surface area contributed by atoms with Crippen LogP contribution in [-0.2, 0) is 21.2 Å². The van der Waals surface area contributed by atoms with Crippen LogP contribution in [0.1, 0.15) is 26.2 Å². The van der Waals surface area contributed by atoms with E-state index in [1.807, 2.05) is 6.20 Å². The van der Waals surface area contributed by atoms with Gasteiger partial charge in [0.15, 0.2) is 14.6 Å². The summed E-state index contributed by atoms with van der Waals surface area (Å²) in [6.07, 6.45) is 10.5. The zero-order chi connectivity index (χ0) is 17.8. The van der Waals surface area contributed by atoms with Gasteiger partial charge >= 0.3 is 5.97 Å². The van der Waals surface area contributed by atoms with E-state index in [0.29, 0.717) is 19.4 Å². The number of rotatable bonds is 8. The van der Waals surface area contributed by atoms with E-state index < -0.39 is 20.6 Å². The van der Waals surface area contributed by atoms with Crippen molar-refractivity contribution in [1.82, 2.24) is 19.7 Å². The molecule has 2 aromatic rings. The summed E-state index contributed by atoms with van der Waals surface area (Å²) in [4.78, 5) is 19.5. The Morgan fingerprint density at radius 2 is 2.04 bits per heavy atom. The van der Waals surface area contributed by atoms with Gasteiger partial charge < -0.3 is 5.11 Å². The molecule has 0 aliphatic rings. The van der Waals surface area contributed by atoms with E-state index in [1.54, 1.807) is 29.5 Å². The van der Waals surface area contributed by atoms with E-state index in [9.17, 15) is 18.3 Å². The Morgan fingerprint density at radius 3 is 2.62 bits per heavy atom. The average Bonchev–Trinajstić information content (AvgIpc) is 3.00. The minimum atomic E-state index is -3.68. The topological polar surface area (TPSA) is 115 Å². The molecule has 0 spiro atoms. The number of carbonyl (C=O) groups is 1. The maximum Gasteiger partial charge on any atom is 0.324 e. The van der Waals surface area contributed by atoms with Crippen LogP contribution in [0, 0.1) is 0 Å². The quantitative estimate of drug-likeness (QED) is 0.714. The third kappa shape index (κ3) is 3.97. The molecule has 0 bridgehead atoms. The summed E-state index contributed by atoms with van der Waals surface area (Å²) in [5.74, 6) is -1.31. The molecule has 2 aromatic heterocycles. The van der Waals surface area contributed by atoms with E-state index in [2.05, 4.69) is 15.1 Å². The Labute approximate surface area is 140 Å². The first-order valence-electron chi connectivity index (χ1n) is 7.46. The second-order valence-corrected chi connectivity index (χ2v) is 8.29. The van der Waals surface area contributed by atoms with Crippen molar-refractivity contribution in [1.29, 1.82) is 0 Å². The monoisotopic (exact) mass is 352 g/mol. The van der Waals surface area contributed by atoms with Crippen LogP contribution in [0.25, 0.3) is 11.3 Å². The highest BCUT2D eigenvalue weighted by Gasteiger charge is 2.42. The fraction of sp³-hybridized carbons (Fsp3) is 0.467. The van der Waals surface area contributed by atoms with Crippen LogP contribution in [-0.4, -0.2) is 50.2 Å². The Bertz CT molecular complexity index is 804. The van der Waals surface area contributed by atoms with Crippen molar-refractivity contribution >= 4 is 15.8 Å². The third-order valence-corrected chi connectivity index (χ3v) is 6.07. The molecule has 1 N–H and O–H groups in total. The van der Waals surface area contributed by atoms with Crippen LogP contribution >= 0.6 is 0 Å². The minimum absolute atomic E-state index is 0.0689. The van der Waals surface area contributed by atoms with Gasteiger partial charge in [0.05, 0.1) is 18.1 Å². The molecule has 0 fully saturated rings. The average molecular weight is 352 g/mol. The molecule has 1 atom stereocenters. The molecule has 0 aliphatic carbocycles. The Morgan fingerprint density at radius 1 is 1.29 bits per heavy atom. The number of aliphatic carboxylic acids is 1. The first-order valence-corrected chi connectivity index (χ1v) is 9.35. The van der Waals surface area contributed by atoms with Crippen LogP contribution in [0.2, 0.25) is 0 Å². The number of hydrogen-bond donors (Lipinski definition) is 1. The van der Waals surface area contributed by atoms with Crippen molar-refractivity contribution in [3.05, 3.63) is 31.0 Å². The SMILES string of the molecule is C[C@@](CCCCn1cc(-c2cnccn2)cn1)(C(=O)O)S(C)(=O)=O. The number of aryl methyl sites for hydroxylation is 1. The predicted molar refractivity (Wildman–Crippen MR) is 88.0 cm³/mol. The summed E-state index contributed by atoms with van der Waals surface area (Å²) < 4.78 is 23.4. The molecule has 0 aliphatic heterocycles. The first-order chi connectivity index (χ1) is 11.2. The van der Waals surface area contributed by atoms with E-state index in [0.717, 1.165) is 17.5 Å². The Hall–Kier alpha value is -2.29. The molecular formula is C15H20N4O4S. The molecule has 2 heterocycles. The molecule has 24 heavy (non-hydrogen) atoms. The van der Waals surface area contributed by atoms with Gasteiger partial charge in [0.2, 0.25) is 0 Å².